The fraction of sp³-hybridized carbons (Fsp3) is 0.370. The van der Waals surface area contributed by atoms with E-state index in [9.17, 15) is 14.3 Å². The van der Waals surface area contributed by atoms with Crippen molar-refractivity contribution in [1.29, 1.82) is 0 Å². The van der Waals surface area contributed by atoms with E-state index < -0.39 is 29.3 Å². The zero-order chi connectivity index (χ0) is 22.9. The van der Waals surface area contributed by atoms with Crippen molar-refractivity contribution in [3.05, 3.63) is 95.3 Å². The number of nitrogens with zero attached hydrogens (tertiary/aromatic N) is 1. The zero-order valence-electron chi connectivity index (χ0n) is 18.4. The topological polar surface area (TPSA) is 40.5 Å². The predicted molar refractivity (Wildman–Crippen MR) is 121 cm³/mol. The summed E-state index contributed by atoms with van der Waals surface area (Å²) in [6.45, 7) is 4.59. The third-order valence-corrected chi connectivity index (χ3v) is 6.64. The Kier molecular flexibility index (Phi) is 6.29. The Morgan fingerprint density at radius 3 is 2.06 bits per heavy atom. The highest BCUT2D eigenvalue weighted by Gasteiger charge is 2.58. The highest BCUT2D eigenvalue weighted by molar-refractivity contribution is 5.80. The molecule has 3 nitrogen and oxygen atoms in total. The molecule has 5 heteroatoms. The van der Waals surface area contributed by atoms with Crippen LogP contribution in [0.4, 0.5) is 8.78 Å². The monoisotopic (exact) mass is 437 g/mol. The van der Waals surface area contributed by atoms with Crippen LogP contribution in [0.5, 0.6) is 0 Å². The van der Waals surface area contributed by atoms with Crippen LogP contribution in [0.3, 0.4) is 0 Å². The van der Waals surface area contributed by atoms with Gasteiger partial charge in [-0.25, -0.2) is 8.78 Å². The molecule has 2 atom stereocenters. The summed E-state index contributed by atoms with van der Waals surface area (Å²) < 4.78 is 30.3. The summed E-state index contributed by atoms with van der Waals surface area (Å²) >= 11 is 0. The van der Waals surface area contributed by atoms with Gasteiger partial charge < -0.3 is 5.11 Å². The quantitative estimate of drug-likeness (QED) is 0.581. The summed E-state index contributed by atoms with van der Waals surface area (Å²) in [6.07, 6.45) is 0.788. The minimum absolute atomic E-state index is 0.0688. The summed E-state index contributed by atoms with van der Waals surface area (Å²) in [5.74, 6) is -2.37. The Hall–Kier alpha value is -2.79. The van der Waals surface area contributed by atoms with E-state index in [0.717, 1.165) is 17.2 Å². The normalized spacial score (nSPS) is 24.2. The van der Waals surface area contributed by atoms with E-state index >= 15 is 4.39 Å². The first-order chi connectivity index (χ1) is 15.3. The first kappa shape index (κ1) is 22.4. The highest BCUT2D eigenvalue weighted by atomic mass is 19.1. The van der Waals surface area contributed by atoms with Crippen molar-refractivity contribution in [3.63, 3.8) is 0 Å². The molecule has 0 radical (unpaired) electrons. The largest absolute Gasteiger partial charge is 0.480 e. The van der Waals surface area contributed by atoms with Gasteiger partial charge in [0.2, 0.25) is 0 Å². The average molecular weight is 438 g/mol. The number of halogens is 2. The van der Waals surface area contributed by atoms with Gasteiger partial charge in [-0.2, -0.15) is 0 Å². The number of carboxylic acids is 1. The number of alkyl halides is 1. The molecular weight excluding hydrogens is 408 g/mol. The van der Waals surface area contributed by atoms with E-state index in [1.54, 1.807) is 0 Å². The summed E-state index contributed by atoms with van der Waals surface area (Å²) in [6, 6.07) is 19.9. The Morgan fingerprint density at radius 1 is 1.06 bits per heavy atom. The van der Waals surface area contributed by atoms with Crippen LogP contribution in [0.25, 0.3) is 0 Å². The van der Waals surface area contributed by atoms with E-state index in [-0.39, 0.29) is 17.5 Å². The van der Waals surface area contributed by atoms with Crippen molar-refractivity contribution < 1.29 is 18.7 Å². The number of rotatable bonds is 7. The Morgan fingerprint density at radius 2 is 1.59 bits per heavy atom. The first-order valence-electron chi connectivity index (χ1n) is 11.1. The lowest BCUT2D eigenvalue weighted by Crippen LogP contribution is -2.61. The van der Waals surface area contributed by atoms with Crippen molar-refractivity contribution in [2.45, 2.75) is 32.5 Å². The Bertz CT molecular complexity index is 973. The van der Waals surface area contributed by atoms with Crippen molar-refractivity contribution in [2.75, 3.05) is 13.1 Å². The second-order valence-corrected chi connectivity index (χ2v) is 9.32. The second kappa shape index (κ2) is 8.99. The summed E-state index contributed by atoms with van der Waals surface area (Å²) in [5.41, 5.74) is 0.536. The van der Waals surface area contributed by atoms with Gasteiger partial charge in [0.05, 0.1) is 6.04 Å². The average Bonchev–Trinajstić information content (AvgIpc) is 2.73. The molecule has 1 aliphatic heterocycles. The molecule has 168 valence electrons. The van der Waals surface area contributed by atoms with Crippen LogP contribution in [0, 0.1) is 17.3 Å². The third-order valence-electron chi connectivity index (χ3n) is 6.64. The van der Waals surface area contributed by atoms with Crippen molar-refractivity contribution in [3.8, 4) is 0 Å². The highest BCUT2D eigenvalue weighted by Crippen LogP contribution is 2.50. The smallest absolute Gasteiger partial charge is 0.317 e. The minimum atomic E-state index is -1.88. The lowest BCUT2D eigenvalue weighted by molar-refractivity contribution is -0.158. The first-order valence-corrected chi connectivity index (χ1v) is 11.1. The number of likely N-dealkylation sites (tertiary alicyclic amines) is 1. The van der Waals surface area contributed by atoms with Crippen LogP contribution in [-0.4, -0.2) is 35.2 Å². The molecule has 1 N–H and O–H groups in total. The van der Waals surface area contributed by atoms with Crippen molar-refractivity contribution >= 4 is 5.97 Å². The van der Waals surface area contributed by atoms with Gasteiger partial charge in [0, 0.05) is 19.0 Å². The van der Waals surface area contributed by atoms with Gasteiger partial charge in [0.15, 0.2) is 0 Å². The summed E-state index contributed by atoms with van der Waals surface area (Å²) in [4.78, 5) is 14.6. The molecule has 1 saturated heterocycles. The molecular formula is C27H29F2NO2. The van der Waals surface area contributed by atoms with Gasteiger partial charge in [-0.05, 0) is 41.2 Å². The van der Waals surface area contributed by atoms with Crippen LogP contribution in [0.2, 0.25) is 0 Å². The van der Waals surface area contributed by atoms with Crippen LogP contribution >= 0.6 is 0 Å². The van der Waals surface area contributed by atoms with Crippen LogP contribution in [0.15, 0.2) is 84.2 Å². The molecule has 0 bridgehead atoms. The Labute approximate surface area is 188 Å². The minimum Gasteiger partial charge on any atom is -0.480 e. The molecule has 2 aliphatic rings. The standard InChI is InChI=1S/C27H29F2NO2/c1-18(2)13-21-14-23(28)15-27(25(21)29,26(31)32)22-16-30(17-22)24(19-9-5-3-6-10-19)20-11-7-4-8-12-20/h3-12,14-15,18,22,24-25H,13,16-17H2,1-2H3,(H,31,32). The number of hydrogen-bond acceptors (Lipinski definition) is 2. The van der Waals surface area contributed by atoms with Crippen molar-refractivity contribution in [2.24, 2.45) is 17.3 Å². The number of carbonyl (C=O) groups is 1. The maximum atomic E-state index is 15.7. The van der Waals surface area contributed by atoms with Gasteiger partial charge >= 0.3 is 5.97 Å². The van der Waals surface area contributed by atoms with Gasteiger partial charge in [0.25, 0.3) is 0 Å². The molecule has 0 spiro atoms. The molecule has 2 aromatic rings. The lowest BCUT2D eigenvalue weighted by atomic mass is 9.63. The molecule has 0 saturated carbocycles. The molecule has 0 amide bonds. The number of aliphatic carboxylic acids is 1. The van der Waals surface area contributed by atoms with E-state index in [2.05, 4.69) is 4.90 Å². The predicted octanol–water partition coefficient (Wildman–Crippen LogP) is 5.96. The summed E-state index contributed by atoms with van der Waals surface area (Å²) in [7, 11) is 0. The van der Waals surface area contributed by atoms with Crippen LogP contribution < -0.4 is 0 Å². The zero-order valence-corrected chi connectivity index (χ0v) is 18.4. The fourth-order valence-electron chi connectivity index (χ4n) is 5.11. The second-order valence-electron chi connectivity index (χ2n) is 9.32. The van der Waals surface area contributed by atoms with Crippen LogP contribution in [0.1, 0.15) is 37.4 Å². The number of hydrogen-bond donors (Lipinski definition) is 1. The fourth-order valence-corrected chi connectivity index (χ4v) is 5.11. The van der Waals surface area contributed by atoms with E-state index in [4.69, 9.17) is 0 Å². The molecule has 32 heavy (non-hydrogen) atoms. The third kappa shape index (κ3) is 4.02. The lowest BCUT2D eigenvalue weighted by Gasteiger charge is -2.52. The molecule has 2 unspecified atom stereocenters. The van der Waals surface area contributed by atoms with Crippen molar-refractivity contribution in [1.82, 2.24) is 4.90 Å². The van der Waals surface area contributed by atoms with Gasteiger partial charge in [-0.1, -0.05) is 74.5 Å². The maximum absolute atomic E-state index is 15.7. The molecule has 1 fully saturated rings. The van der Waals surface area contributed by atoms with Crippen LogP contribution in [-0.2, 0) is 4.79 Å². The molecule has 1 heterocycles. The Balaban J connectivity index is 1.63. The van der Waals surface area contributed by atoms with Gasteiger partial charge in [-0.15, -0.1) is 0 Å². The molecule has 1 aliphatic carbocycles. The summed E-state index contributed by atoms with van der Waals surface area (Å²) in [5, 5.41) is 10.1. The molecule has 2 aromatic carbocycles. The number of benzene rings is 2. The number of carboxylic acid groups (broad SMARTS) is 1. The van der Waals surface area contributed by atoms with Gasteiger partial charge in [-0.3, -0.25) is 9.69 Å². The maximum Gasteiger partial charge on any atom is 0.317 e. The van der Waals surface area contributed by atoms with E-state index in [0.29, 0.717) is 19.5 Å². The van der Waals surface area contributed by atoms with Gasteiger partial charge in [0.1, 0.15) is 17.4 Å². The number of allylic oxidation sites excluding steroid dienone is 3. The molecule has 4 rings (SSSR count). The van der Waals surface area contributed by atoms with E-state index in [1.807, 2.05) is 74.5 Å². The van der Waals surface area contributed by atoms with E-state index in [1.165, 1.54) is 6.08 Å². The molecule has 0 aromatic heterocycles. The SMILES string of the molecule is CC(C)CC1=CC(F)=CC(C(=O)O)(C2CN(C(c3ccccc3)c3ccccc3)C2)C1F.